The van der Waals surface area contributed by atoms with Crippen molar-refractivity contribution in [1.29, 1.82) is 0 Å². The van der Waals surface area contributed by atoms with E-state index in [9.17, 15) is 4.79 Å². The third kappa shape index (κ3) is 4.64. The van der Waals surface area contributed by atoms with E-state index in [-0.39, 0.29) is 5.91 Å². The van der Waals surface area contributed by atoms with Gasteiger partial charge in [0.25, 0.3) is 5.91 Å². The molecule has 31 heavy (non-hydrogen) atoms. The lowest BCUT2D eigenvalue weighted by atomic mass is 10.1. The predicted octanol–water partition coefficient (Wildman–Crippen LogP) is 5.24. The van der Waals surface area contributed by atoms with E-state index >= 15 is 0 Å². The quantitative estimate of drug-likeness (QED) is 0.538. The van der Waals surface area contributed by atoms with Gasteiger partial charge in [-0.15, -0.1) is 0 Å². The topological polar surface area (TPSA) is 36.7 Å². The van der Waals surface area contributed by atoms with Crippen LogP contribution >= 0.6 is 0 Å². The van der Waals surface area contributed by atoms with Crippen LogP contribution in [0.4, 0.5) is 0 Å². The van der Waals surface area contributed by atoms with Crippen LogP contribution in [0.3, 0.4) is 0 Å². The van der Waals surface area contributed by atoms with Gasteiger partial charge in [0.15, 0.2) is 0 Å². The zero-order chi connectivity index (χ0) is 21.0. The second-order valence-electron chi connectivity index (χ2n) is 8.49. The molecule has 4 heteroatoms. The van der Waals surface area contributed by atoms with Gasteiger partial charge in [0.2, 0.25) is 0 Å². The fourth-order valence-electron chi connectivity index (χ4n) is 4.47. The molecule has 158 valence electrons. The Morgan fingerprint density at radius 3 is 2.35 bits per heavy atom. The van der Waals surface area contributed by atoms with Crippen molar-refractivity contribution < 1.29 is 9.21 Å². The van der Waals surface area contributed by atoms with Crippen molar-refractivity contribution in [1.82, 2.24) is 9.80 Å². The molecule has 1 saturated heterocycles. The highest BCUT2D eigenvalue weighted by molar-refractivity contribution is 5.94. The molecule has 0 aliphatic carbocycles. The van der Waals surface area contributed by atoms with Crippen LogP contribution in [0.5, 0.6) is 0 Å². The van der Waals surface area contributed by atoms with Crippen LogP contribution in [0, 0.1) is 0 Å². The van der Waals surface area contributed by atoms with E-state index in [1.807, 2.05) is 47.4 Å². The van der Waals surface area contributed by atoms with Crippen molar-refractivity contribution >= 4 is 18.1 Å². The molecular formula is C27H28N2O2. The summed E-state index contributed by atoms with van der Waals surface area (Å²) in [5.74, 6) is 2.06. The van der Waals surface area contributed by atoms with E-state index in [0.29, 0.717) is 6.54 Å². The number of fused-ring (bicyclic) bond motifs is 1. The maximum atomic E-state index is 13.0. The molecule has 1 amide bonds. The summed E-state index contributed by atoms with van der Waals surface area (Å²) in [5.41, 5.74) is 4.23. The van der Waals surface area contributed by atoms with Gasteiger partial charge in [0.1, 0.15) is 11.5 Å². The maximum absolute atomic E-state index is 13.0. The number of carbonyl (C=O) groups excluding carboxylic acids is 1. The SMILES string of the molecule is O=C(c1ccc(C=Cc2ccccc2)cc1)N1CCc2cc(CN3CCCC3)oc2C1. The Hall–Kier alpha value is -3.11. The Balaban J connectivity index is 1.22. The van der Waals surface area contributed by atoms with Crippen LogP contribution in [0.25, 0.3) is 12.2 Å². The normalized spacial score (nSPS) is 16.7. The lowest BCUT2D eigenvalue weighted by Crippen LogP contribution is -2.35. The predicted molar refractivity (Wildman–Crippen MR) is 123 cm³/mol. The van der Waals surface area contributed by atoms with Crippen molar-refractivity contribution in [3.63, 3.8) is 0 Å². The molecule has 0 atom stereocenters. The van der Waals surface area contributed by atoms with Gasteiger partial charge in [-0.05, 0) is 67.2 Å². The Morgan fingerprint density at radius 2 is 1.61 bits per heavy atom. The molecule has 2 aliphatic heterocycles. The highest BCUT2D eigenvalue weighted by Gasteiger charge is 2.25. The summed E-state index contributed by atoms with van der Waals surface area (Å²) in [7, 11) is 0. The molecule has 1 fully saturated rings. The Kier molecular flexibility index (Phi) is 5.72. The highest BCUT2D eigenvalue weighted by Crippen LogP contribution is 2.26. The van der Waals surface area contributed by atoms with Crippen molar-refractivity contribution in [3.05, 3.63) is 94.4 Å². The van der Waals surface area contributed by atoms with Crippen LogP contribution in [0.1, 0.15) is 51.4 Å². The van der Waals surface area contributed by atoms with Gasteiger partial charge in [0.05, 0.1) is 13.1 Å². The summed E-state index contributed by atoms with van der Waals surface area (Å²) in [6.07, 6.45) is 7.58. The molecule has 0 unspecified atom stereocenters. The van der Waals surface area contributed by atoms with Crippen molar-refractivity contribution in [2.24, 2.45) is 0 Å². The summed E-state index contributed by atoms with van der Waals surface area (Å²) in [6, 6.07) is 20.3. The minimum atomic E-state index is 0.0710. The number of hydrogen-bond acceptors (Lipinski definition) is 3. The smallest absolute Gasteiger partial charge is 0.254 e. The first kappa shape index (κ1) is 19.8. The molecule has 0 spiro atoms. The van der Waals surface area contributed by atoms with Crippen molar-refractivity contribution in [2.45, 2.75) is 32.4 Å². The second kappa shape index (κ2) is 8.94. The average Bonchev–Trinajstić information content (AvgIpc) is 3.47. The zero-order valence-electron chi connectivity index (χ0n) is 17.8. The molecule has 1 aromatic heterocycles. The second-order valence-corrected chi connectivity index (χ2v) is 8.49. The molecule has 0 N–H and O–H groups in total. The number of amides is 1. The highest BCUT2D eigenvalue weighted by atomic mass is 16.3. The molecule has 0 bridgehead atoms. The average molecular weight is 413 g/mol. The summed E-state index contributed by atoms with van der Waals surface area (Å²) in [4.78, 5) is 17.4. The number of hydrogen-bond donors (Lipinski definition) is 0. The third-order valence-corrected chi connectivity index (χ3v) is 6.22. The lowest BCUT2D eigenvalue weighted by molar-refractivity contribution is 0.0718. The molecule has 3 aromatic rings. The van der Waals surface area contributed by atoms with Crippen LogP contribution in [0.15, 0.2) is 65.1 Å². The molecule has 2 aliphatic rings. The molecule has 0 saturated carbocycles. The van der Waals surface area contributed by atoms with Gasteiger partial charge in [-0.3, -0.25) is 9.69 Å². The Morgan fingerprint density at radius 1 is 0.903 bits per heavy atom. The van der Waals surface area contributed by atoms with Crippen LogP contribution in [-0.2, 0) is 19.5 Å². The Bertz CT molecular complexity index is 1060. The van der Waals surface area contributed by atoms with E-state index in [4.69, 9.17) is 4.42 Å². The van der Waals surface area contributed by atoms with Gasteiger partial charge in [-0.2, -0.15) is 0 Å². The van der Waals surface area contributed by atoms with Crippen LogP contribution < -0.4 is 0 Å². The van der Waals surface area contributed by atoms with E-state index in [1.165, 1.54) is 18.4 Å². The first-order valence-corrected chi connectivity index (χ1v) is 11.2. The summed E-state index contributed by atoms with van der Waals surface area (Å²) < 4.78 is 6.13. The number of rotatable bonds is 5. The summed E-state index contributed by atoms with van der Waals surface area (Å²) in [5, 5.41) is 0. The molecule has 4 nitrogen and oxygen atoms in total. The first-order chi connectivity index (χ1) is 15.2. The van der Waals surface area contributed by atoms with Crippen LogP contribution in [-0.4, -0.2) is 35.3 Å². The number of nitrogens with zero attached hydrogens (tertiary/aromatic N) is 2. The largest absolute Gasteiger partial charge is 0.463 e. The van der Waals surface area contributed by atoms with Gasteiger partial charge in [0, 0.05) is 12.1 Å². The lowest BCUT2D eigenvalue weighted by Gasteiger charge is -2.26. The van der Waals surface area contributed by atoms with E-state index in [2.05, 4.69) is 35.3 Å². The van der Waals surface area contributed by atoms with E-state index in [0.717, 1.165) is 60.8 Å². The van der Waals surface area contributed by atoms with Gasteiger partial charge in [-0.25, -0.2) is 0 Å². The zero-order valence-corrected chi connectivity index (χ0v) is 17.8. The molecule has 0 radical (unpaired) electrons. The standard InChI is InChI=1S/C27H28N2O2/c30-27(23-12-10-22(11-13-23)9-8-21-6-2-1-3-7-21)29-17-14-24-18-25(31-26(24)20-29)19-28-15-4-5-16-28/h1-3,6-13,18H,4-5,14-17,19-20H2. The number of likely N-dealkylation sites (tertiary alicyclic amines) is 1. The van der Waals surface area contributed by atoms with Gasteiger partial charge >= 0.3 is 0 Å². The fraction of sp³-hybridized carbons (Fsp3) is 0.296. The number of furan rings is 1. The monoisotopic (exact) mass is 412 g/mol. The third-order valence-electron chi connectivity index (χ3n) is 6.22. The van der Waals surface area contributed by atoms with Crippen molar-refractivity contribution in [2.75, 3.05) is 19.6 Å². The maximum Gasteiger partial charge on any atom is 0.254 e. The summed E-state index contributed by atoms with van der Waals surface area (Å²) in [6.45, 7) is 4.51. The van der Waals surface area contributed by atoms with Gasteiger partial charge in [-0.1, -0.05) is 54.6 Å². The van der Waals surface area contributed by atoms with Crippen LogP contribution in [0.2, 0.25) is 0 Å². The first-order valence-electron chi connectivity index (χ1n) is 11.2. The number of benzene rings is 2. The van der Waals surface area contributed by atoms with E-state index in [1.54, 1.807) is 0 Å². The minimum Gasteiger partial charge on any atom is -0.463 e. The minimum absolute atomic E-state index is 0.0710. The van der Waals surface area contributed by atoms with Crippen molar-refractivity contribution in [3.8, 4) is 0 Å². The molecule has 3 heterocycles. The summed E-state index contributed by atoms with van der Waals surface area (Å²) >= 11 is 0. The Labute approximate surface area is 183 Å². The molecule has 5 rings (SSSR count). The molecular weight excluding hydrogens is 384 g/mol. The van der Waals surface area contributed by atoms with E-state index < -0.39 is 0 Å². The number of carbonyl (C=O) groups is 1. The molecule has 2 aromatic carbocycles. The fourth-order valence-corrected chi connectivity index (χ4v) is 4.47. The van der Waals surface area contributed by atoms with Gasteiger partial charge < -0.3 is 9.32 Å².